The smallest absolute Gasteiger partial charge is 0.133 e. The standard InChI is InChI=1S/C17H20BrNO/c1-4-20-16-8-7-13(10-15(16)18)17(19)14-9-11(2)5-6-12(14)3/h5-10,17H,4,19H2,1-3H3. The van der Waals surface area contributed by atoms with Gasteiger partial charge in [0.1, 0.15) is 5.75 Å². The molecule has 3 heteroatoms. The van der Waals surface area contributed by atoms with Gasteiger partial charge in [0.15, 0.2) is 0 Å². The number of aryl methyl sites for hydroxylation is 2. The van der Waals surface area contributed by atoms with Crippen LogP contribution in [0.4, 0.5) is 0 Å². The summed E-state index contributed by atoms with van der Waals surface area (Å²) in [5.41, 5.74) is 11.1. The fourth-order valence-corrected chi connectivity index (χ4v) is 2.77. The zero-order chi connectivity index (χ0) is 14.7. The number of halogens is 1. The van der Waals surface area contributed by atoms with Crippen molar-refractivity contribution in [3.8, 4) is 5.75 Å². The molecule has 0 aliphatic heterocycles. The quantitative estimate of drug-likeness (QED) is 0.893. The number of rotatable bonds is 4. The van der Waals surface area contributed by atoms with Crippen molar-refractivity contribution in [1.29, 1.82) is 0 Å². The molecule has 0 bridgehead atoms. The molecule has 1 atom stereocenters. The highest BCUT2D eigenvalue weighted by atomic mass is 79.9. The Balaban J connectivity index is 2.35. The molecule has 0 radical (unpaired) electrons. The molecule has 0 fully saturated rings. The first-order valence-corrected chi connectivity index (χ1v) is 7.57. The number of hydrogen-bond acceptors (Lipinski definition) is 2. The van der Waals surface area contributed by atoms with Crippen LogP contribution in [0.1, 0.15) is 35.2 Å². The van der Waals surface area contributed by atoms with Crippen LogP contribution in [0.5, 0.6) is 5.75 Å². The monoisotopic (exact) mass is 333 g/mol. The summed E-state index contributed by atoms with van der Waals surface area (Å²) >= 11 is 3.54. The SMILES string of the molecule is CCOc1ccc(C(N)c2cc(C)ccc2C)cc1Br. The molecule has 1 unspecified atom stereocenters. The number of nitrogens with two attached hydrogens (primary N) is 1. The molecule has 0 heterocycles. The fraction of sp³-hybridized carbons (Fsp3) is 0.294. The topological polar surface area (TPSA) is 35.2 Å². The molecule has 2 nitrogen and oxygen atoms in total. The van der Waals surface area contributed by atoms with Crippen LogP contribution in [0, 0.1) is 13.8 Å². The Kier molecular flexibility index (Phi) is 4.84. The maximum absolute atomic E-state index is 6.42. The van der Waals surface area contributed by atoms with Crippen LogP contribution < -0.4 is 10.5 Å². The Bertz CT molecular complexity index is 610. The maximum atomic E-state index is 6.42. The van der Waals surface area contributed by atoms with E-state index in [2.05, 4.69) is 48.0 Å². The summed E-state index contributed by atoms with van der Waals surface area (Å²) in [6.45, 7) is 6.81. The van der Waals surface area contributed by atoms with Gasteiger partial charge in [-0.25, -0.2) is 0 Å². The van der Waals surface area contributed by atoms with Crippen molar-refractivity contribution in [3.05, 3.63) is 63.1 Å². The van der Waals surface area contributed by atoms with E-state index in [1.807, 2.05) is 25.1 Å². The van der Waals surface area contributed by atoms with Gasteiger partial charge in [0, 0.05) is 0 Å². The van der Waals surface area contributed by atoms with Gasteiger partial charge in [-0.1, -0.05) is 29.8 Å². The molecule has 2 N–H and O–H groups in total. The van der Waals surface area contributed by atoms with Crippen molar-refractivity contribution in [2.75, 3.05) is 6.61 Å². The molecule has 20 heavy (non-hydrogen) atoms. The zero-order valence-electron chi connectivity index (χ0n) is 12.1. The normalized spacial score (nSPS) is 12.2. The Morgan fingerprint density at radius 1 is 1.15 bits per heavy atom. The molecule has 2 aromatic carbocycles. The summed E-state index contributed by atoms with van der Waals surface area (Å²) in [7, 11) is 0. The van der Waals surface area contributed by atoms with E-state index in [9.17, 15) is 0 Å². The molecular formula is C17H20BrNO. The second-order valence-corrected chi connectivity index (χ2v) is 5.81. The third-order valence-corrected chi connectivity index (χ3v) is 4.00. The van der Waals surface area contributed by atoms with Crippen LogP contribution in [-0.2, 0) is 0 Å². The average molecular weight is 334 g/mol. The minimum atomic E-state index is -0.123. The van der Waals surface area contributed by atoms with Gasteiger partial charge >= 0.3 is 0 Å². The van der Waals surface area contributed by atoms with E-state index in [1.54, 1.807) is 0 Å². The molecule has 0 aliphatic rings. The molecular weight excluding hydrogens is 314 g/mol. The van der Waals surface area contributed by atoms with Crippen molar-refractivity contribution in [3.63, 3.8) is 0 Å². The van der Waals surface area contributed by atoms with Crippen LogP contribution in [0.2, 0.25) is 0 Å². The summed E-state index contributed by atoms with van der Waals surface area (Å²) in [5.74, 6) is 0.851. The van der Waals surface area contributed by atoms with Gasteiger partial charge in [0.25, 0.3) is 0 Å². The Labute approximate surface area is 129 Å². The lowest BCUT2D eigenvalue weighted by molar-refractivity contribution is 0.338. The van der Waals surface area contributed by atoms with Gasteiger partial charge in [-0.2, -0.15) is 0 Å². The largest absolute Gasteiger partial charge is 0.493 e. The molecule has 2 aromatic rings. The van der Waals surface area contributed by atoms with Crippen molar-refractivity contribution < 1.29 is 4.74 Å². The first-order valence-electron chi connectivity index (χ1n) is 6.78. The first kappa shape index (κ1) is 15.1. The van der Waals surface area contributed by atoms with E-state index in [0.29, 0.717) is 6.61 Å². The summed E-state index contributed by atoms with van der Waals surface area (Å²) in [5, 5.41) is 0. The summed E-state index contributed by atoms with van der Waals surface area (Å²) in [6.07, 6.45) is 0. The lowest BCUT2D eigenvalue weighted by Gasteiger charge is -2.17. The van der Waals surface area contributed by atoms with Crippen LogP contribution in [0.3, 0.4) is 0 Å². The van der Waals surface area contributed by atoms with E-state index in [1.165, 1.54) is 16.7 Å². The lowest BCUT2D eigenvalue weighted by atomic mass is 9.94. The number of benzene rings is 2. The van der Waals surface area contributed by atoms with Crippen molar-refractivity contribution in [1.82, 2.24) is 0 Å². The van der Waals surface area contributed by atoms with Gasteiger partial charge in [0.05, 0.1) is 17.1 Å². The van der Waals surface area contributed by atoms with Gasteiger partial charge in [-0.3, -0.25) is 0 Å². The highest BCUT2D eigenvalue weighted by Crippen LogP contribution is 2.31. The lowest BCUT2D eigenvalue weighted by Crippen LogP contribution is -2.13. The molecule has 106 valence electrons. The zero-order valence-corrected chi connectivity index (χ0v) is 13.7. The van der Waals surface area contributed by atoms with Gasteiger partial charge < -0.3 is 10.5 Å². The van der Waals surface area contributed by atoms with E-state index in [-0.39, 0.29) is 6.04 Å². The molecule has 0 aromatic heterocycles. The molecule has 0 amide bonds. The molecule has 0 spiro atoms. The average Bonchev–Trinajstić information content (AvgIpc) is 2.43. The summed E-state index contributed by atoms with van der Waals surface area (Å²) < 4.78 is 6.47. The minimum Gasteiger partial charge on any atom is -0.493 e. The van der Waals surface area contributed by atoms with Gasteiger partial charge in [-0.05, 0) is 65.5 Å². The third kappa shape index (κ3) is 3.22. The van der Waals surface area contributed by atoms with Gasteiger partial charge in [-0.15, -0.1) is 0 Å². The Hall–Kier alpha value is -1.32. The van der Waals surface area contributed by atoms with Crippen molar-refractivity contribution in [2.45, 2.75) is 26.8 Å². The van der Waals surface area contributed by atoms with E-state index in [4.69, 9.17) is 10.5 Å². The van der Waals surface area contributed by atoms with Gasteiger partial charge in [0.2, 0.25) is 0 Å². The molecule has 0 saturated heterocycles. The Morgan fingerprint density at radius 2 is 1.90 bits per heavy atom. The first-order chi connectivity index (χ1) is 9.52. The maximum Gasteiger partial charge on any atom is 0.133 e. The van der Waals surface area contributed by atoms with E-state index >= 15 is 0 Å². The third-order valence-electron chi connectivity index (χ3n) is 3.38. The molecule has 0 aliphatic carbocycles. The number of ether oxygens (including phenoxy) is 1. The van der Waals surface area contributed by atoms with Crippen LogP contribution in [-0.4, -0.2) is 6.61 Å². The predicted octanol–water partition coefficient (Wildman–Crippen LogP) is 4.51. The van der Waals surface area contributed by atoms with Crippen LogP contribution in [0.15, 0.2) is 40.9 Å². The van der Waals surface area contributed by atoms with E-state index in [0.717, 1.165) is 15.8 Å². The second kappa shape index (κ2) is 6.42. The highest BCUT2D eigenvalue weighted by Gasteiger charge is 2.13. The van der Waals surface area contributed by atoms with Crippen LogP contribution >= 0.6 is 15.9 Å². The van der Waals surface area contributed by atoms with Crippen LogP contribution in [0.25, 0.3) is 0 Å². The second-order valence-electron chi connectivity index (χ2n) is 4.96. The molecule has 0 saturated carbocycles. The molecule has 2 rings (SSSR count). The van der Waals surface area contributed by atoms with Crippen molar-refractivity contribution >= 4 is 15.9 Å². The number of hydrogen-bond donors (Lipinski definition) is 1. The summed E-state index contributed by atoms with van der Waals surface area (Å²) in [6, 6.07) is 12.3. The van der Waals surface area contributed by atoms with Crippen molar-refractivity contribution in [2.24, 2.45) is 5.73 Å². The Morgan fingerprint density at radius 3 is 2.55 bits per heavy atom. The predicted molar refractivity (Wildman–Crippen MR) is 87.3 cm³/mol. The highest BCUT2D eigenvalue weighted by molar-refractivity contribution is 9.10. The summed E-state index contributed by atoms with van der Waals surface area (Å²) in [4.78, 5) is 0. The fourth-order valence-electron chi connectivity index (χ4n) is 2.26. The minimum absolute atomic E-state index is 0.123. The van der Waals surface area contributed by atoms with E-state index < -0.39 is 0 Å².